The highest BCUT2D eigenvalue weighted by Gasteiger charge is 2.11. The Hall–Kier alpha value is -2.17. The van der Waals surface area contributed by atoms with Crippen molar-refractivity contribution >= 4 is 18.4 Å². The van der Waals surface area contributed by atoms with Gasteiger partial charge in [-0.05, 0) is 12.1 Å². The van der Waals surface area contributed by atoms with E-state index in [9.17, 15) is 19.3 Å². The summed E-state index contributed by atoms with van der Waals surface area (Å²) in [5, 5.41) is 2.44. The maximum absolute atomic E-state index is 11.3. The van der Waals surface area contributed by atoms with E-state index in [0.29, 0.717) is 18.1 Å². The van der Waals surface area contributed by atoms with Gasteiger partial charge < -0.3 is 0 Å². The van der Waals surface area contributed by atoms with Crippen molar-refractivity contribution in [3.05, 3.63) is 39.8 Å². The van der Waals surface area contributed by atoms with Crippen LogP contribution in [0.3, 0.4) is 0 Å². The van der Waals surface area contributed by atoms with Crippen molar-refractivity contribution in [1.82, 2.24) is 0 Å². The smallest absolute Gasteiger partial charge is 0.188 e. The fourth-order valence-electron chi connectivity index (χ4n) is 1.15. The third kappa shape index (κ3) is 2.40. The second-order valence-corrected chi connectivity index (χ2v) is 2.79. The number of hydrogen-bond donors (Lipinski definition) is 0. The molecule has 0 N–H and O–H groups in total. The van der Waals surface area contributed by atoms with Crippen molar-refractivity contribution in [2.75, 3.05) is 6.54 Å². The van der Waals surface area contributed by atoms with Gasteiger partial charge in [0.15, 0.2) is 12.1 Å². The van der Waals surface area contributed by atoms with E-state index >= 15 is 0 Å². The Morgan fingerprint density at radius 2 is 2.00 bits per heavy atom. The lowest BCUT2D eigenvalue weighted by molar-refractivity contribution is 0.0993. The molecule has 0 saturated heterocycles. The molecule has 0 fully saturated rings. The van der Waals surface area contributed by atoms with Gasteiger partial charge in [-0.3, -0.25) is 14.4 Å². The van der Waals surface area contributed by atoms with Crippen LogP contribution in [0.2, 0.25) is 0 Å². The number of rotatable bonds is 5. The maximum atomic E-state index is 11.3. The van der Waals surface area contributed by atoms with Crippen molar-refractivity contribution in [2.24, 2.45) is 5.18 Å². The van der Waals surface area contributed by atoms with E-state index in [1.807, 2.05) is 0 Å². The Kier molecular flexibility index (Phi) is 3.56. The molecule has 0 spiro atoms. The van der Waals surface area contributed by atoms with Crippen LogP contribution in [-0.2, 0) is 0 Å². The fourth-order valence-corrected chi connectivity index (χ4v) is 1.15. The van der Waals surface area contributed by atoms with E-state index in [2.05, 4.69) is 5.18 Å². The van der Waals surface area contributed by atoms with E-state index < -0.39 is 12.3 Å². The SMILES string of the molecule is O=Cc1ccc(C(=O)CN=O)c(C=O)c1. The first kappa shape index (κ1) is 10.9. The van der Waals surface area contributed by atoms with Crippen LogP contribution in [0.15, 0.2) is 23.4 Å². The van der Waals surface area contributed by atoms with Gasteiger partial charge in [-0.25, -0.2) is 0 Å². The van der Waals surface area contributed by atoms with E-state index in [1.165, 1.54) is 18.2 Å². The van der Waals surface area contributed by atoms with Crippen molar-refractivity contribution in [1.29, 1.82) is 0 Å². The molecule has 5 heteroatoms. The second-order valence-electron chi connectivity index (χ2n) is 2.79. The first-order valence-electron chi connectivity index (χ1n) is 4.09. The minimum absolute atomic E-state index is 0.0910. The number of carbonyl (C=O) groups is 3. The number of carbonyl (C=O) groups excluding carboxylic acids is 3. The average Bonchev–Trinajstić information content (AvgIpc) is 2.28. The molecule has 0 heterocycles. The highest BCUT2D eigenvalue weighted by atomic mass is 16.3. The third-order valence-electron chi connectivity index (χ3n) is 1.85. The summed E-state index contributed by atoms with van der Waals surface area (Å²) in [6.07, 6.45) is 1.03. The number of Topliss-reactive ketones (excluding diaryl/α,β-unsaturated/α-hetero) is 1. The largest absolute Gasteiger partial charge is 0.298 e. The molecule has 1 aromatic carbocycles. The van der Waals surface area contributed by atoms with Crippen molar-refractivity contribution in [3.63, 3.8) is 0 Å². The zero-order chi connectivity index (χ0) is 11.3. The summed E-state index contributed by atoms with van der Waals surface area (Å²) in [5.74, 6) is -0.537. The molecule has 0 unspecified atom stereocenters. The Labute approximate surface area is 85.1 Å². The summed E-state index contributed by atoms with van der Waals surface area (Å²) in [6, 6.07) is 4.02. The van der Waals surface area contributed by atoms with Crippen LogP contribution in [0.5, 0.6) is 0 Å². The summed E-state index contributed by atoms with van der Waals surface area (Å²) in [7, 11) is 0. The van der Waals surface area contributed by atoms with Crippen molar-refractivity contribution < 1.29 is 14.4 Å². The van der Waals surface area contributed by atoms with Crippen molar-refractivity contribution in [2.45, 2.75) is 0 Å². The van der Waals surface area contributed by atoms with Gasteiger partial charge in [-0.1, -0.05) is 11.2 Å². The predicted molar refractivity (Wildman–Crippen MR) is 52.2 cm³/mol. The summed E-state index contributed by atoms with van der Waals surface area (Å²) >= 11 is 0. The average molecular weight is 205 g/mol. The van der Waals surface area contributed by atoms with Crippen LogP contribution >= 0.6 is 0 Å². The van der Waals surface area contributed by atoms with Gasteiger partial charge in [0.1, 0.15) is 12.8 Å². The fraction of sp³-hybridized carbons (Fsp3) is 0.100. The number of benzene rings is 1. The number of nitroso groups, excluding NO2 is 1. The van der Waals surface area contributed by atoms with Crippen LogP contribution in [0, 0.1) is 4.91 Å². The quantitative estimate of drug-likeness (QED) is 0.411. The maximum Gasteiger partial charge on any atom is 0.188 e. The predicted octanol–water partition coefficient (Wildman–Crippen LogP) is 1.26. The van der Waals surface area contributed by atoms with E-state index in [1.54, 1.807) is 0 Å². The van der Waals surface area contributed by atoms with Gasteiger partial charge in [0.05, 0.1) is 0 Å². The van der Waals surface area contributed by atoms with Crippen LogP contribution in [0.1, 0.15) is 31.1 Å². The highest BCUT2D eigenvalue weighted by molar-refractivity contribution is 6.04. The molecule has 0 amide bonds. The first-order valence-corrected chi connectivity index (χ1v) is 4.09. The molecule has 0 bridgehead atoms. The van der Waals surface area contributed by atoms with Crippen LogP contribution in [0.4, 0.5) is 0 Å². The normalized spacial score (nSPS) is 9.33. The number of aldehydes is 2. The molecule has 0 aliphatic heterocycles. The summed E-state index contributed by atoms with van der Waals surface area (Å²) in [6.45, 7) is -0.513. The van der Waals surface area contributed by atoms with Crippen molar-refractivity contribution in [3.8, 4) is 0 Å². The number of ketones is 1. The first-order chi connectivity index (χ1) is 7.22. The lowest BCUT2D eigenvalue weighted by atomic mass is 10.0. The molecule has 1 rings (SSSR count). The van der Waals surface area contributed by atoms with Gasteiger partial charge in [-0.15, -0.1) is 0 Å². The minimum atomic E-state index is -0.537. The Balaban J connectivity index is 3.17. The zero-order valence-electron chi connectivity index (χ0n) is 7.67. The van der Waals surface area contributed by atoms with E-state index in [0.717, 1.165) is 0 Å². The van der Waals surface area contributed by atoms with Crippen LogP contribution in [0.25, 0.3) is 0 Å². The number of hydrogen-bond acceptors (Lipinski definition) is 5. The molecule has 76 valence electrons. The van der Waals surface area contributed by atoms with Gasteiger partial charge in [0, 0.05) is 16.7 Å². The summed E-state index contributed by atoms with van der Waals surface area (Å²) < 4.78 is 0. The highest BCUT2D eigenvalue weighted by Crippen LogP contribution is 2.10. The van der Waals surface area contributed by atoms with E-state index in [4.69, 9.17) is 0 Å². The zero-order valence-corrected chi connectivity index (χ0v) is 7.67. The Morgan fingerprint density at radius 3 is 2.53 bits per heavy atom. The molecule has 1 aromatic rings. The molecular weight excluding hydrogens is 198 g/mol. The summed E-state index contributed by atoms with van der Waals surface area (Å²) in [4.78, 5) is 42.2. The monoisotopic (exact) mass is 205 g/mol. The molecule has 5 nitrogen and oxygen atoms in total. The summed E-state index contributed by atoms with van der Waals surface area (Å²) in [5.41, 5.74) is 0.496. The Bertz CT molecular complexity index is 425. The molecular formula is C10H7NO4. The molecule has 0 aromatic heterocycles. The molecule has 0 aliphatic carbocycles. The molecule has 15 heavy (non-hydrogen) atoms. The standard InChI is InChI=1S/C10H7NO4/c12-5-7-1-2-9(8(3-7)6-13)10(14)4-11-15/h1-3,5-6H,4H2. The third-order valence-corrected chi connectivity index (χ3v) is 1.85. The van der Waals surface area contributed by atoms with Gasteiger partial charge in [0.25, 0.3) is 0 Å². The molecule has 0 aliphatic rings. The number of nitrogens with zero attached hydrogens (tertiary/aromatic N) is 1. The topological polar surface area (TPSA) is 80.6 Å². The van der Waals surface area contributed by atoms with Crippen LogP contribution in [-0.4, -0.2) is 24.9 Å². The molecule has 0 atom stereocenters. The molecule has 0 saturated carbocycles. The lowest BCUT2D eigenvalue weighted by Crippen LogP contribution is -2.07. The molecule has 0 radical (unpaired) electrons. The second kappa shape index (κ2) is 4.90. The minimum Gasteiger partial charge on any atom is -0.298 e. The lowest BCUT2D eigenvalue weighted by Gasteiger charge is -2.01. The van der Waals surface area contributed by atoms with Gasteiger partial charge in [0.2, 0.25) is 0 Å². The Morgan fingerprint density at radius 1 is 1.27 bits per heavy atom. The van der Waals surface area contributed by atoms with Crippen LogP contribution < -0.4 is 0 Å². The van der Waals surface area contributed by atoms with Gasteiger partial charge in [-0.2, -0.15) is 4.91 Å². The van der Waals surface area contributed by atoms with E-state index in [-0.39, 0.29) is 11.1 Å². The van der Waals surface area contributed by atoms with Gasteiger partial charge >= 0.3 is 0 Å².